The van der Waals surface area contributed by atoms with Crippen LogP contribution in [0.15, 0.2) is 30.3 Å². The average molecular weight is 275 g/mol. The van der Waals surface area contributed by atoms with Crippen LogP contribution in [0.3, 0.4) is 0 Å². The summed E-state index contributed by atoms with van der Waals surface area (Å²) in [6.45, 7) is 0.899. The van der Waals surface area contributed by atoms with Crippen LogP contribution in [-0.4, -0.2) is 36.9 Å². The molecular formula is C14H17N3O3. The van der Waals surface area contributed by atoms with E-state index in [1.54, 1.807) is 24.3 Å². The molecule has 0 bridgehead atoms. The Morgan fingerprint density at radius 2 is 1.95 bits per heavy atom. The van der Waals surface area contributed by atoms with Crippen LogP contribution in [0.1, 0.15) is 23.2 Å². The number of imide groups is 1. The highest BCUT2D eigenvalue weighted by atomic mass is 16.2. The van der Waals surface area contributed by atoms with E-state index >= 15 is 0 Å². The van der Waals surface area contributed by atoms with Gasteiger partial charge in [0.2, 0.25) is 11.8 Å². The Bertz CT molecular complexity index is 502. The zero-order valence-corrected chi connectivity index (χ0v) is 11.0. The molecule has 106 valence electrons. The molecule has 1 atom stereocenters. The molecule has 3 N–H and O–H groups in total. The van der Waals surface area contributed by atoms with Crippen LogP contribution < -0.4 is 16.0 Å². The number of nitrogens with one attached hydrogen (secondary N) is 3. The molecule has 6 heteroatoms. The molecular weight excluding hydrogens is 258 g/mol. The summed E-state index contributed by atoms with van der Waals surface area (Å²) in [5, 5.41) is 8.06. The summed E-state index contributed by atoms with van der Waals surface area (Å²) in [5.41, 5.74) is 0.605. The molecule has 0 aliphatic carbocycles. The summed E-state index contributed by atoms with van der Waals surface area (Å²) in [6.07, 6.45) is 0.844. The van der Waals surface area contributed by atoms with Gasteiger partial charge in [0.15, 0.2) is 0 Å². The van der Waals surface area contributed by atoms with E-state index in [4.69, 9.17) is 0 Å². The van der Waals surface area contributed by atoms with Crippen LogP contribution in [0, 0.1) is 0 Å². The largest absolute Gasteiger partial charge is 0.351 e. The summed E-state index contributed by atoms with van der Waals surface area (Å²) in [5.74, 6) is -0.670. The molecule has 1 heterocycles. The fourth-order valence-electron chi connectivity index (χ4n) is 2.00. The Morgan fingerprint density at radius 1 is 1.20 bits per heavy atom. The first-order valence-electron chi connectivity index (χ1n) is 6.57. The van der Waals surface area contributed by atoms with Crippen LogP contribution in [0.4, 0.5) is 0 Å². The Labute approximate surface area is 116 Å². The Morgan fingerprint density at radius 3 is 2.65 bits per heavy atom. The van der Waals surface area contributed by atoms with Crippen molar-refractivity contribution in [1.82, 2.24) is 16.0 Å². The second kappa shape index (κ2) is 6.81. The lowest BCUT2D eigenvalue weighted by Gasteiger charge is -2.21. The summed E-state index contributed by atoms with van der Waals surface area (Å²) in [7, 11) is 0. The zero-order chi connectivity index (χ0) is 14.4. The third kappa shape index (κ3) is 3.89. The highest BCUT2D eigenvalue weighted by Crippen LogP contribution is 2.03. The highest BCUT2D eigenvalue weighted by Gasteiger charge is 2.25. The third-order valence-corrected chi connectivity index (χ3v) is 3.08. The minimum atomic E-state index is -0.360. The van der Waals surface area contributed by atoms with Crippen molar-refractivity contribution in [2.24, 2.45) is 0 Å². The molecule has 1 saturated heterocycles. The first-order chi connectivity index (χ1) is 9.66. The van der Waals surface area contributed by atoms with E-state index in [1.807, 2.05) is 6.07 Å². The van der Waals surface area contributed by atoms with Crippen molar-refractivity contribution in [3.8, 4) is 0 Å². The Balaban J connectivity index is 1.68. The fraction of sp³-hybridized carbons (Fsp3) is 0.357. The molecule has 6 nitrogen and oxygen atoms in total. The van der Waals surface area contributed by atoms with Gasteiger partial charge in [-0.15, -0.1) is 0 Å². The van der Waals surface area contributed by atoms with Crippen molar-refractivity contribution < 1.29 is 14.4 Å². The molecule has 1 unspecified atom stereocenters. The molecule has 1 aliphatic rings. The van der Waals surface area contributed by atoms with E-state index < -0.39 is 0 Å². The summed E-state index contributed by atoms with van der Waals surface area (Å²) in [4.78, 5) is 34.2. The van der Waals surface area contributed by atoms with Gasteiger partial charge in [0.05, 0.1) is 6.04 Å². The van der Waals surface area contributed by atoms with Crippen molar-refractivity contribution in [1.29, 1.82) is 0 Å². The summed E-state index contributed by atoms with van der Waals surface area (Å²) < 4.78 is 0. The van der Waals surface area contributed by atoms with Gasteiger partial charge >= 0.3 is 0 Å². The molecule has 1 fully saturated rings. The molecule has 2 rings (SSSR count). The molecule has 0 spiro atoms. The Hall–Kier alpha value is -2.21. The van der Waals surface area contributed by atoms with E-state index in [0.717, 1.165) is 0 Å². The number of hydrogen-bond acceptors (Lipinski definition) is 4. The molecule has 3 amide bonds. The van der Waals surface area contributed by atoms with Crippen molar-refractivity contribution >= 4 is 17.7 Å². The summed E-state index contributed by atoms with van der Waals surface area (Å²) in [6, 6.07) is 8.57. The Kier molecular flexibility index (Phi) is 4.84. The number of carbonyl (C=O) groups is 3. The normalized spacial score (nSPS) is 18.5. The maximum absolute atomic E-state index is 11.7. The van der Waals surface area contributed by atoms with Gasteiger partial charge < -0.3 is 10.6 Å². The van der Waals surface area contributed by atoms with Gasteiger partial charge in [-0.05, 0) is 18.6 Å². The second-order valence-corrected chi connectivity index (χ2v) is 4.58. The van der Waals surface area contributed by atoms with E-state index in [2.05, 4.69) is 16.0 Å². The van der Waals surface area contributed by atoms with Gasteiger partial charge in [-0.2, -0.15) is 0 Å². The summed E-state index contributed by atoms with van der Waals surface area (Å²) >= 11 is 0. The van der Waals surface area contributed by atoms with E-state index in [1.165, 1.54) is 0 Å². The molecule has 20 heavy (non-hydrogen) atoms. The minimum Gasteiger partial charge on any atom is -0.351 e. The van der Waals surface area contributed by atoms with Crippen LogP contribution in [0.5, 0.6) is 0 Å². The minimum absolute atomic E-state index is 0.143. The standard InChI is InChI=1S/C14H17N3O3/c18-12-7-6-11(14(20)17-12)15-8-9-16-13(19)10-4-2-1-3-5-10/h1-5,11,15H,6-9H2,(H,16,19)(H,17,18,20). The number of carbonyl (C=O) groups excluding carboxylic acids is 3. The molecule has 0 saturated carbocycles. The first-order valence-corrected chi connectivity index (χ1v) is 6.57. The van der Waals surface area contributed by atoms with Gasteiger partial charge in [0, 0.05) is 25.1 Å². The molecule has 1 aromatic rings. The number of amides is 3. The predicted molar refractivity (Wildman–Crippen MR) is 72.9 cm³/mol. The monoisotopic (exact) mass is 275 g/mol. The molecule has 0 radical (unpaired) electrons. The number of hydrogen-bond donors (Lipinski definition) is 3. The molecule has 0 aromatic heterocycles. The highest BCUT2D eigenvalue weighted by molar-refractivity contribution is 6.00. The predicted octanol–water partition coefficient (Wildman–Crippen LogP) is -0.189. The third-order valence-electron chi connectivity index (χ3n) is 3.08. The fourth-order valence-corrected chi connectivity index (χ4v) is 2.00. The van der Waals surface area contributed by atoms with Gasteiger partial charge in [-0.1, -0.05) is 18.2 Å². The maximum Gasteiger partial charge on any atom is 0.251 e. The van der Waals surface area contributed by atoms with Gasteiger partial charge in [-0.3, -0.25) is 19.7 Å². The van der Waals surface area contributed by atoms with Gasteiger partial charge in [0.25, 0.3) is 5.91 Å². The maximum atomic E-state index is 11.7. The van der Waals surface area contributed by atoms with Crippen LogP contribution in [-0.2, 0) is 9.59 Å². The SMILES string of the molecule is O=C1CCC(NCCNC(=O)c2ccccc2)C(=O)N1. The van der Waals surface area contributed by atoms with E-state index in [0.29, 0.717) is 31.5 Å². The van der Waals surface area contributed by atoms with Crippen molar-refractivity contribution in [2.45, 2.75) is 18.9 Å². The van der Waals surface area contributed by atoms with Gasteiger partial charge in [-0.25, -0.2) is 0 Å². The zero-order valence-electron chi connectivity index (χ0n) is 11.0. The van der Waals surface area contributed by atoms with Crippen molar-refractivity contribution in [3.63, 3.8) is 0 Å². The smallest absolute Gasteiger partial charge is 0.251 e. The topological polar surface area (TPSA) is 87.3 Å². The molecule has 1 aromatic carbocycles. The van der Waals surface area contributed by atoms with Crippen molar-refractivity contribution in [2.75, 3.05) is 13.1 Å². The van der Waals surface area contributed by atoms with Crippen LogP contribution in [0.2, 0.25) is 0 Å². The number of rotatable bonds is 5. The van der Waals surface area contributed by atoms with Gasteiger partial charge in [0.1, 0.15) is 0 Å². The first kappa shape index (κ1) is 14.2. The lowest BCUT2D eigenvalue weighted by atomic mass is 10.1. The number of piperidine rings is 1. The van der Waals surface area contributed by atoms with Crippen molar-refractivity contribution in [3.05, 3.63) is 35.9 Å². The molecule has 1 aliphatic heterocycles. The van der Waals surface area contributed by atoms with Crippen LogP contribution in [0.25, 0.3) is 0 Å². The lowest BCUT2D eigenvalue weighted by molar-refractivity contribution is -0.134. The van der Waals surface area contributed by atoms with E-state index in [9.17, 15) is 14.4 Å². The lowest BCUT2D eigenvalue weighted by Crippen LogP contribution is -2.51. The second-order valence-electron chi connectivity index (χ2n) is 4.58. The average Bonchev–Trinajstić information content (AvgIpc) is 2.46. The van der Waals surface area contributed by atoms with Crippen LogP contribution >= 0.6 is 0 Å². The quantitative estimate of drug-likeness (QED) is 0.513. The number of benzene rings is 1. The van der Waals surface area contributed by atoms with E-state index in [-0.39, 0.29) is 23.8 Å².